The zero-order valence-electron chi connectivity index (χ0n) is 21.6. The predicted molar refractivity (Wildman–Crippen MR) is 149 cm³/mol. The van der Waals surface area contributed by atoms with Crippen LogP contribution in [0.15, 0.2) is 52.9 Å². The summed E-state index contributed by atoms with van der Waals surface area (Å²) >= 11 is 0. The molecule has 8 nitrogen and oxygen atoms in total. The lowest BCUT2D eigenvalue weighted by atomic mass is 10.1. The molecule has 0 atom stereocenters. The van der Waals surface area contributed by atoms with Crippen molar-refractivity contribution >= 4 is 34.5 Å². The molecule has 2 heterocycles. The van der Waals surface area contributed by atoms with Crippen molar-refractivity contribution in [2.75, 3.05) is 50.1 Å². The van der Waals surface area contributed by atoms with Gasteiger partial charge in [0, 0.05) is 62.9 Å². The minimum absolute atomic E-state index is 0.958. The number of hydrogen-bond donors (Lipinski definition) is 0. The van der Waals surface area contributed by atoms with Crippen LogP contribution >= 0.6 is 0 Å². The number of piperidine rings is 1. The van der Waals surface area contributed by atoms with Gasteiger partial charge in [0.25, 0.3) is 0 Å². The van der Waals surface area contributed by atoms with Crippen molar-refractivity contribution in [1.29, 1.82) is 0 Å². The van der Waals surface area contributed by atoms with E-state index in [2.05, 4.69) is 103 Å². The third-order valence-corrected chi connectivity index (χ3v) is 6.43. The summed E-state index contributed by atoms with van der Waals surface area (Å²) in [7, 11) is 4.14. The fourth-order valence-electron chi connectivity index (χ4n) is 4.45. The van der Waals surface area contributed by atoms with Gasteiger partial charge >= 0.3 is 5.55 Å². The summed E-state index contributed by atoms with van der Waals surface area (Å²) in [5.74, 6) is 0. The Morgan fingerprint density at radius 2 is 1.53 bits per heavy atom. The van der Waals surface area contributed by atoms with Crippen molar-refractivity contribution in [2.45, 2.75) is 33.1 Å². The van der Waals surface area contributed by atoms with Crippen molar-refractivity contribution in [3.05, 3.63) is 80.5 Å². The Morgan fingerprint density at radius 1 is 0.917 bits per heavy atom. The van der Waals surface area contributed by atoms with Crippen molar-refractivity contribution in [3.8, 4) is 0 Å². The smallest absolute Gasteiger partial charge is 0.368 e. The number of rotatable bonds is 6. The van der Waals surface area contributed by atoms with Gasteiger partial charge in [-0.05, 0) is 55.7 Å². The highest BCUT2D eigenvalue weighted by Crippen LogP contribution is 2.25. The average Bonchev–Trinajstić information content (AvgIpc) is 2.88. The van der Waals surface area contributed by atoms with Crippen molar-refractivity contribution in [2.24, 2.45) is 0 Å². The fraction of sp³-hybridized carbons (Fsp3) is 0.393. The Kier molecular flexibility index (Phi) is 9.50. The maximum Gasteiger partial charge on any atom is 0.368 e. The zero-order chi connectivity index (χ0) is 26.1. The second-order valence-electron chi connectivity index (χ2n) is 8.98. The first-order valence-corrected chi connectivity index (χ1v) is 12.5. The van der Waals surface area contributed by atoms with Gasteiger partial charge in [0.05, 0.1) is 11.2 Å². The molecule has 0 radical (unpaired) electrons. The quantitative estimate of drug-likeness (QED) is 0.266. The molecule has 1 saturated heterocycles. The first kappa shape index (κ1) is 26.8. The van der Waals surface area contributed by atoms with Crippen LogP contribution in [0.25, 0.3) is 23.1 Å². The van der Waals surface area contributed by atoms with E-state index in [0.29, 0.717) is 0 Å². The molecular weight excluding hydrogens is 456 g/mol. The van der Waals surface area contributed by atoms with Crippen molar-refractivity contribution in [3.63, 3.8) is 0 Å². The number of nitrogens with zero attached hydrogens (tertiary/aromatic N) is 4. The highest BCUT2D eigenvalue weighted by atomic mass is 16.9. The van der Waals surface area contributed by atoms with E-state index in [1.165, 1.54) is 41.8 Å². The minimum atomic E-state index is -1.75. The van der Waals surface area contributed by atoms with Gasteiger partial charge in [-0.2, -0.15) is 4.58 Å². The van der Waals surface area contributed by atoms with E-state index in [1.807, 2.05) is 0 Å². The molecule has 1 aliphatic heterocycles. The highest BCUT2D eigenvalue weighted by Gasteiger charge is 2.15. The van der Waals surface area contributed by atoms with Gasteiger partial charge in [-0.3, -0.25) is 0 Å². The van der Waals surface area contributed by atoms with E-state index in [0.717, 1.165) is 42.7 Å². The summed E-state index contributed by atoms with van der Waals surface area (Å²) in [6.07, 6.45) is 8.21. The molecule has 0 bridgehead atoms. The number of benzene rings is 2. The average molecular weight is 493 g/mol. The molecule has 192 valence electrons. The molecule has 36 heavy (non-hydrogen) atoms. The van der Waals surface area contributed by atoms with Crippen molar-refractivity contribution in [1.82, 2.24) is 4.58 Å². The molecule has 1 aromatic heterocycles. The molecule has 0 aliphatic carbocycles. The Labute approximate surface area is 212 Å². The van der Waals surface area contributed by atoms with Crippen LogP contribution in [0.5, 0.6) is 0 Å². The SMILES string of the molecule is CCN(CC)c1ccc2c(/C=C/c3ccc(N(C)C)cc3)cc(=[N+]3CCCCC3)oc2c1.O=[N+]([O-])[O-]. The second kappa shape index (κ2) is 12.8. The van der Waals surface area contributed by atoms with E-state index in [1.54, 1.807) is 0 Å². The van der Waals surface area contributed by atoms with Gasteiger partial charge in [-0.15, -0.1) is 0 Å². The monoisotopic (exact) mass is 492 g/mol. The second-order valence-corrected chi connectivity index (χ2v) is 8.98. The third kappa shape index (κ3) is 7.10. The number of hydrogen-bond acceptors (Lipinski definition) is 6. The third-order valence-electron chi connectivity index (χ3n) is 6.43. The van der Waals surface area contributed by atoms with Crippen LogP contribution in [0.4, 0.5) is 11.4 Å². The van der Waals surface area contributed by atoms with Crippen LogP contribution in [0.2, 0.25) is 0 Å². The molecule has 8 heteroatoms. The van der Waals surface area contributed by atoms with Gasteiger partial charge in [0.1, 0.15) is 18.7 Å². The Bertz CT molecular complexity index is 1250. The Hall–Kier alpha value is -3.81. The topological polar surface area (TPSA) is 88.8 Å². The van der Waals surface area contributed by atoms with Crippen LogP contribution in [0.3, 0.4) is 0 Å². The lowest BCUT2D eigenvalue weighted by molar-refractivity contribution is -0.402. The number of fused-ring (bicyclic) bond motifs is 1. The maximum absolute atomic E-state index is 8.25. The van der Waals surface area contributed by atoms with E-state index >= 15 is 0 Å². The standard InChI is InChI=1S/C28H36N3O.NO3/c1-5-30(6-2)25-16-17-26-23(13-10-22-11-14-24(15-12-22)29(3)4)20-28(32-27(26)21-25)31-18-8-7-9-19-31;2-1(3)4/h10-17,20-21H,5-9,18-19H2,1-4H3;/q+1;-1. The first-order valence-electron chi connectivity index (χ1n) is 12.5. The van der Waals surface area contributed by atoms with E-state index in [4.69, 9.17) is 19.7 Å². The summed E-state index contributed by atoms with van der Waals surface area (Å²) < 4.78 is 8.87. The number of anilines is 2. The molecule has 4 rings (SSSR count). The van der Waals surface area contributed by atoms with E-state index < -0.39 is 5.09 Å². The summed E-state index contributed by atoms with van der Waals surface area (Å²) in [5, 5.41) is 15.9. The predicted octanol–water partition coefficient (Wildman–Crippen LogP) is 5.23. The molecule has 2 aromatic carbocycles. The largest absolute Gasteiger partial charge is 0.405 e. The summed E-state index contributed by atoms with van der Waals surface area (Å²) in [6, 6.07) is 17.5. The van der Waals surface area contributed by atoms with E-state index in [-0.39, 0.29) is 0 Å². The van der Waals surface area contributed by atoms with Crippen LogP contribution in [-0.2, 0) is 0 Å². The highest BCUT2D eigenvalue weighted by molar-refractivity contribution is 5.91. The molecule has 3 aromatic rings. The van der Waals surface area contributed by atoms with Crippen LogP contribution in [-0.4, -0.2) is 45.4 Å². The van der Waals surface area contributed by atoms with Crippen molar-refractivity contribution < 1.29 is 9.50 Å². The molecule has 0 spiro atoms. The normalized spacial score (nSPS) is 13.4. The lowest BCUT2D eigenvalue weighted by Crippen LogP contribution is -2.34. The van der Waals surface area contributed by atoms with Gasteiger partial charge in [-0.25, -0.2) is 0 Å². The Morgan fingerprint density at radius 3 is 2.11 bits per heavy atom. The molecular formula is C28H36N4O4. The first-order chi connectivity index (χ1) is 17.3. The van der Waals surface area contributed by atoms with Gasteiger partial charge in [0.15, 0.2) is 0 Å². The van der Waals surface area contributed by atoms with Gasteiger partial charge in [-0.1, -0.05) is 24.3 Å². The molecule has 0 unspecified atom stereocenters. The van der Waals surface area contributed by atoms with Crippen LogP contribution < -0.4 is 19.9 Å². The molecule has 0 amide bonds. The fourth-order valence-corrected chi connectivity index (χ4v) is 4.45. The molecule has 0 saturated carbocycles. The summed E-state index contributed by atoms with van der Waals surface area (Å²) in [6.45, 7) is 8.52. The molecule has 0 N–H and O–H groups in total. The maximum atomic E-state index is 8.25. The summed E-state index contributed by atoms with van der Waals surface area (Å²) in [5.41, 5.74) is 6.77. The van der Waals surface area contributed by atoms with E-state index in [9.17, 15) is 0 Å². The van der Waals surface area contributed by atoms with Crippen LogP contribution in [0, 0.1) is 15.3 Å². The van der Waals surface area contributed by atoms with Gasteiger partial charge < -0.3 is 29.5 Å². The molecule has 1 aliphatic rings. The lowest BCUT2D eigenvalue weighted by Gasteiger charge is -2.21. The minimum Gasteiger partial charge on any atom is -0.405 e. The van der Waals surface area contributed by atoms with Crippen LogP contribution in [0.1, 0.15) is 44.2 Å². The zero-order valence-corrected chi connectivity index (χ0v) is 21.6. The Balaban J connectivity index is 0.000000840. The van der Waals surface area contributed by atoms with Gasteiger partial charge in [0.2, 0.25) is 0 Å². The summed E-state index contributed by atoms with van der Waals surface area (Å²) in [4.78, 5) is 12.7. The molecule has 1 fully saturated rings.